The van der Waals surface area contributed by atoms with Crippen molar-refractivity contribution in [3.63, 3.8) is 0 Å². The van der Waals surface area contributed by atoms with Crippen LogP contribution >= 0.6 is 0 Å². The van der Waals surface area contributed by atoms with Crippen LogP contribution in [0.3, 0.4) is 0 Å². The molecule has 0 bridgehead atoms. The van der Waals surface area contributed by atoms with Gasteiger partial charge in [0.05, 0.1) is 6.54 Å². The van der Waals surface area contributed by atoms with Crippen molar-refractivity contribution in [3.8, 4) is 0 Å². The lowest BCUT2D eigenvalue weighted by molar-refractivity contribution is 0.0690. The second-order valence-corrected chi connectivity index (χ2v) is 3.37. The number of hydrogen-bond acceptors (Lipinski definition) is 4. The molecule has 1 rings (SSSR count). The predicted molar refractivity (Wildman–Crippen MR) is 54.1 cm³/mol. The molecule has 0 saturated heterocycles. The van der Waals surface area contributed by atoms with Crippen molar-refractivity contribution in [2.45, 2.75) is 0 Å². The monoisotopic (exact) mass is 208 g/mol. The summed E-state index contributed by atoms with van der Waals surface area (Å²) in [6, 6.07) is 4.38. The molecule has 0 aliphatic rings. The van der Waals surface area contributed by atoms with Crippen LogP contribution in [-0.2, 0) is 0 Å². The summed E-state index contributed by atoms with van der Waals surface area (Å²) < 4.78 is 0. The Balaban J connectivity index is 2.90. The van der Waals surface area contributed by atoms with E-state index in [1.807, 2.05) is 0 Å². The van der Waals surface area contributed by atoms with Crippen LogP contribution < -0.4 is 0 Å². The third kappa shape index (κ3) is 3.14. The molecule has 0 saturated carbocycles. The van der Waals surface area contributed by atoms with E-state index in [0.29, 0.717) is 0 Å². The van der Waals surface area contributed by atoms with Gasteiger partial charge in [0.15, 0.2) is 5.78 Å². The number of Topliss-reactive ketones (excluding diaryl/α,β-unsaturated/α-hetero) is 1. The Hall–Kier alpha value is -1.75. The molecule has 5 nitrogen and oxygen atoms in total. The first kappa shape index (κ1) is 11.3. The lowest BCUT2D eigenvalue weighted by Gasteiger charge is -2.07. The van der Waals surface area contributed by atoms with Crippen LogP contribution in [0.5, 0.6) is 0 Å². The van der Waals surface area contributed by atoms with E-state index in [0.717, 1.165) is 0 Å². The second kappa shape index (κ2) is 4.65. The minimum atomic E-state index is -1.13. The number of carboxylic acid groups (broad SMARTS) is 1. The fraction of sp³-hybridized carbons (Fsp3) is 0.300. The van der Waals surface area contributed by atoms with E-state index >= 15 is 0 Å². The standard InChI is InChI=1S/C10H12N2O3/c1-12(2)6-9(13)7-4-3-5-8(11-7)10(14)15/h3-5H,6H2,1-2H3,(H,14,15). The summed E-state index contributed by atoms with van der Waals surface area (Å²) in [6.45, 7) is 0.218. The van der Waals surface area contributed by atoms with E-state index in [-0.39, 0.29) is 23.7 Å². The molecule has 5 heteroatoms. The minimum absolute atomic E-state index is 0.111. The molecule has 15 heavy (non-hydrogen) atoms. The highest BCUT2D eigenvalue weighted by molar-refractivity contribution is 5.97. The first-order chi connectivity index (χ1) is 7.00. The third-order valence-electron chi connectivity index (χ3n) is 1.71. The van der Waals surface area contributed by atoms with Crippen molar-refractivity contribution in [3.05, 3.63) is 29.6 Å². The molecular weight excluding hydrogens is 196 g/mol. The maximum absolute atomic E-state index is 11.5. The molecule has 0 spiro atoms. The zero-order chi connectivity index (χ0) is 11.4. The van der Waals surface area contributed by atoms with Gasteiger partial charge in [-0.15, -0.1) is 0 Å². The molecule has 1 aromatic rings. The number of carboxylic acids is 1. The topological polar surface area (TPSA) is 70.5 Å². The number of pyridine rings is 1. The van der Waals surface area contributed by atoms with E-state index in [1.54, 1.807) is 19.0 Å². The number of nitrogens with zero attached hydrogens (tertiary/aromatic N) is 2. The van der Waals surface area contributed by atoms with Gasteiger partial charge in [0, 0.05) is 0 Å². The van der Waals surface area contributed by atoms with Crippen molar-refractivity contribution in [2.75, 3.05) is 20.6 Å². The number of rotatable bonds is 4. The quantitative estimate of drug-likeness (QED) is 0.730. The number of aromatic nitrogens is 1. The average molecular weight is 208 g/mol. The van der Waals surface area contributed by atoms with Crippen LogP contribution in [0, 0.1) is 0 Å². The Morgan fingerprint density at radius 1 is 1.33 bits per heavy atom. The lowest BCUT2D eigenvalue weighted by atomic mass is 10.2. The van der Waals surface area contributed by atoms with E-state index in [2.05, 4.69) is 4.98 Å². The SMILES string of the molecule is CN(C)CC(=O)c1cccc(C(=O)O)n1. The summed E-state index contributed by atoms with van der Waals surface area (Å²) in [5.41, 5.74) is 0.0724. The Kier molecular flexibility index (Phi) is 3.51. The smallest absolute Gasteiger partial charge is 0.354 e. The van der Waals surface area contributed by atoms with Crippen LogP contribution in [0.4, 0.5) is 0 Å². The van der Waals surface area contributed by atoms with E-state index < -0.39 is 5.97 Å². The number of aromatic carboxylic acids is 1. The molecule has 0 radical (unpaired) electrons. The fourth-order valence-electron chi connectivity index (χ4n) is 1.08. The predicted octanol–water partition coefficient (Wildman–Crippen LogP) is 0.524. The first-order valence-electron chi connectivity index (χ1n) is 4.39. The molecule has 1 heterocycles. The molecule has 0 aliphatic heterocycles. The maximum Gasteiger partial charge on any atom is 0.354 e. The molecule has 0 fully saturated rings. The van der Waals surface area contributed by atoms with Crippen molar-refractivity contribution in [2.24, 2.45) is 0 Å². The van der Waals surface area contributed by atoms with Gasteiger partial charge in [0.1, 0.15) is 11.4 Å². The molecule has 1 N–H and O–H groups in total. The molecule has 80 valence electrons. The molecule has 0 aliphatic carbocycles. The fourth-order valence-corrected chi connectivity index (χ4v) is 1.08. The highest BCUT2D eigenvalue weighted by atomic mass is 16.4. The molecule has 0 atom stereocenters. The zero-order valence-electron chi connectivity index (χ0n) is 8.60. The van der Waals surface area contributed by atoms with Gasteiger partial charge in [-0.1, -0.05) is 6.07 Å². The average Bonchev–Trinajstić information content (AvgIpc) is 2.17. The van der Waals surface area contributed by atoms with Crippen molar-refractivity contribution in [1.82, 2.24) is 9.88 Å². The number of hydrogen-bond donors (Lipinski definition) is 1. The van der Waals surface area contributed by atoms with Crippen LogP contribution in [0.15, 0.2) is 18.2 Å². The summed E-state index contributed by atoms with van der Waals surface area (Å²) in [5, 5.41) is 8.69. The molecular formula is C10H12N2O3. The van der Waals surface area contributed by atoms with Crippen LogP contribution in [0.25, 0.3) is 0 Å². The number of carbonyl (C=O) groups excluding carboxylic acids is 1. The van der Waals surface area contributed by atoms with Crippen LogP contribution in [0.1, 0.15) is 21.0 Å². The summed E-state index contributed by atoms with van der Waals surface area (Å²) in [5.74, 6) is -1.32. The molecule has 0 amide bonds. The molecule has 1 aromatic heterocycles. The zero-order valence-corrected chi connectivity index (χ0v) is 8.60. The van der Waals surface area contributed by atoms with E-state index in [1.165, 1.54) is 18.2 Å². The van der Waals surface area contributed by atoms with Gasteiger partial charge in [0.25, 0.3) is 0 Å². The lowest BCUT2D eigenvalue weighted by Crippen LogP contribution is -2.22. The molecule has 0 aromatic carbocycles. The van der Waals surface area contributed by atoms with E-state index in [4.69, 9.17) is 5.11 Å². The third-order valence-corrected chi connectivity index (χ3v) is 1.71. The van der Waals surface area contributed by atoms with Gasteiger partial charge in [-0.25, -0.2) is 9.78 Å². The second-order valence-electron chi connectivity index (χ2n) is 3.37. The highest BCUT2D eigenvalue weighted by Gasteiger charge is 2.11. The Morgan fingerprint density at radius 2 is 1.93 bits per heavy atom. The Labute approximate surface area is 87.4 Å². The largest absolute Gasteiger partial charge is 0.477 e. The van der Waals surface area contributed by atoms with Gasteiger partial charge >= 0.3 is 5.97 Å². The van der Waals surface area contributed by atoms with Gasteiger partial charge in [-0.3, -0.25) is 4.79 Å². The maximum atomic E-state index is 11.5. The van der Waals surface area contributed by atoms with Crippen molar-refractivity contribution in [1.29, 1.82) is 0 Å². The molecule has 0 unspecified atom stereocenters. The summed E-state index contributed by atoms with van der Waals surface area (Å²) in [6.07, 6.45) is 0. The number of likely N-dealkylation sites (N-methyl/N-ethyl adjacent to an activating group) is 1. The Morgan fingerprint density at radius 3 is 2.47 bits per heavy atom. The van der Waals surface area contributed by atoms with Crippen molar-refractivity contribution >= 4 is 11.8 Å². The number of carbonyl (C=O) groups is 2. The van der Waals surface area contributed by atoms with Crippen LogP contribution in [-0.4, -0.2) is 47.4 Å². The van der Waals surface area contributed by atoms with Crippen molar-refractivity contribution < 1.29 is 14.7 Å². The normalized spacial score (nSPS) is 10.3. The summed E-state index contributed by atoms with van der Waals surface area (Å²) in [7, 11) is 3.53. The first-order valence-corrected chi connectivity index (χ1v) is 4.39. The van der Waals surface area contributed by atoms with Crippen LogP contribution in [0.2, 0.25) is 0 Å². The Bertz CT molecular complexity index is 388. The summed E-state index contributed by atoms with van der Waals surface area (Å²) >= 11 is 0. The van der Waals surface area contributed by atoms with Gasteiger partial charge < -0.3 is 10.0 Å². The highest BCUT2D eigenvalue weighted by Crippen LogP contribution is 2.01. The minimum Gasteiger partial charge on any atom is -0.477 e. The summed E-state index contributed by atoms with van der Waals surface area (Å²) in [4.78, 5) is 27.6. The van der Waals surface area contributed by atoms with Gasteiger partial charge in [0.2, 0.25) is 0 Å². The van der Waals surface area contributed by atoms with E-state index in [9.17, 15) is 9.59 Å². The number of ketones is 1. The van der Waals surface area contributed by atoms with Gasteiger partial charge in [-0.2, -0.15) is 0 Å². The van der Waals surface area contributed by atoms with Gasteiger partial charge in [-0.05, 0) is 26.2 Å².